The molecule has 0 saturated carbocycles. The normalized spacial score (nSPS) is 10.3. The summed E-state index contributed by atoms with van der Waals surface area (Å²) in [7, 11) is 1.39. The molecule has 0 spiro atoms. The van der Waals surface area contributed by atoms with Crippen LogP contribution < -0.4 is 5.32 Å². The second-order valence-electron chi connectivity index (χ2n) is 4.24. The lowest BCUT2D eigenvalue weighted by Gasteiger charge is -2.10. The van der Waals surface area contributed by atoms with Crippen molar-refractivity contribution in [2.45, 2.75) is 20.4 Å². The smallest absolute Gasteiger partial charge is 0.337 e. The number of hydrogen-bond acceptors (Lipinski definition) is 5. The van der Waals surface area contributed by atoms with Gasteiger partial charge in [-0.1, -0.05) is 0 Å². The Morgan fingerprint density at radius 3 is 2.79 bits per heavy atom. The molecule has 1 heterocycles. The van der Waals surface area contributed by atoms with Crippen molar-refractivity contribution in [1.29, 1.82) is 0 Å². The highest BCUT2D eigenvalue weighted by molar-refractivity contribution is 7.09. The Balaban J connectivity index is 2.09. The second-order valence-corrected chi connectivity index (χ2v) is 5.18. The topological polar surface area (TPSA) is 51.2 Å². The van der Waals surface area contributed by atoms with Gasteiger partial charge in [0.25, 0.3) is 0 Å². The molecule has 0 aliphatic heterocycles. The number of rotatable bonds is 4. The van der Waals surface area contributed by atoms with Gasteiger partial charge in [-0.2, -0.15) is 0 Å². The largest absolute Gasteiger partial charge is 0.465 e. The maximum atomic E-state index is 11.4. The average Bonchev–Trinajstić information content (AvgIpc) is 2.82. The Bertz CT molecular complexity index is 593. The fourth-order valence-corrected chi connectivity index (χ4v) is 2.50. The quantitative estimate of drug-likeness (QED) is 0.872. The molecule has 0 unspecified atom stereocenters. The molecule has 1 aromatic carbocycles. The number of methoxy groups -OCH3 is 1. The zero-order valence-electron chi connectivity index (χ0n) is 11.2. The Morgan fingerprint density at radius 1 is 1.42 bits per heavy atom. The predicted octanol–water partition coefficient (Wildman–Crippen LogP) is 3.16. The monoisotopic (exact) mass is 276 g/mol. The van der Waals surface area contributed by atoms with E-state index in [1.165, 1.54) is 12.0 Å². The highest BCUT2D eigenvalue weighted by atomic mass is 32.1. The minimum Gasteiger partial charge on any atom is -0.465 e. The number of anilines is 1. The fraction of sp³-hybridized carbons (Fsp3) is 0.286. The zero-order valence-corrected chi connectivity index (χ0v) is 12.0. The van der Waals surface area contributed by atoms with Gasteiger partial charge in [0.15, 0.2) is 0 Å². The van der Waals surface area contributed by atoms with Gasteiger partial charge in [-0.3, -0.25) is 0 Å². The summed E-state index contributed by atoms with van der Waals surface area (Å²) in [5.74, 6) is -0.312. The van der Waals surface area contributed by atoms with Gasteiger partial charge >= 0.3 is 5.97 Å². The van der Waals surface area contributed by atoms with E-state index >= 15 is 0 Å². The van der Waals surface area contributed by atoms with Crippen molar-refractivity contribution in [1.82, 2.24) is 4.98 Å². The zero-order chi connectivity index (χ0) is 13.8. The molecule has 19 heavy (non-hydrogen) atoms. The number of nitrogens with zero attached hydrogens (tertiary/aromatic N) is 1. The molecule has 0 bridgehead atoms. The highest BCUT2D eigenvalue weighted by Gasteiger charge is 2.08. The summed E-state index contributed by atoms with van der Waals surface area (Å²) in [6.07, 6.45) is 0. The third kappa shape index (κ3) is 3.12. The van der Waals surface area contributed by atoms with E-state index in [2.05, 4.69) is 10.3 Å². The minimum absolute atomic E-state index is 0.312. The van der Waals surface area contributed by atoms with Crippen molar-refractivity contribution in [3.63, 3.8) is 0 Å². The van der Waals surface area contributed by atoms with Gasteiger partial charge in [0.05, 0.1) is 30.4 Å². The average molecular weight is 276 g/mol. The summed E-state index contributed by atoms with van der Waals surface area (Å²) in [6.45, 7) is 4.71. The molecule has 4 nitrogen and oxygen atoms in total. The van der Waals surface area contributed by atoms with Gasteiger partial charge in [0, 0.05) is 10.6 Å². The van der Waals surface area contributed by atoms with Crippen LogP contribution in [0.3, 0.4) is 0 Å². The van der Waals surface area contributed by atoms with Crippen molar-refractivity contribution < 1.29 is 9.53 Å². The Hall–Kier alpha value is -1.88. The van der Waals surface area contributed by atoms with E-state index in [1.807, 2.05) is 31.5 Å². The van der Waals surface area contributed by atoms with Crippen LogP contribution in [0.5, 0.6) is 0 Å². The van der Waals surface area contributed by atoms with Gasteiger partial charge in [0.1, 0.15) is 0 Å². The molecule has 5 heteroatoms. The number of esters is 1. The Morgan fingerprint density at radius 2 is 2.21 bits per heavy atom. The molecule has 2 aromatic rings. The van der Waals surface area contributed by atoms with Crippen molar-refractivity contribution in [2.24, 2.45) is 0 Å². The van der Waals surface area contributed by atoms with Gasteiger partial charge < -0.3 is 10.1 Å². The van der Waals surface area contributed by atoms with E-state index < -0.39 is 0 Å². The standard InChI is InChI=1S/C14H16N2O2S/c1-9-6-11(14(17)18-3)4-5-12(9)15-7-13-10(2)16-8-19-13/h4-6,8,15H,7H2,1-3H3. The third-order valence-electron chi connectivity index (χ3n) is 2.93. The van der Waals surface area contributed by atoms with Crippen LogP contribution in [-0.2, 0) is 11.3 Å². The number of nitrogens with one attached hydrogen (secondary N) is 1. The summed E-state index contributed by atoms with van der Waals surface area (Å²) in [5, 5.41) is 3.36. The molecule has 1 aromatic heterocycles. The van der Waals surface area contributed by atoms with Crippen LogP contribution >= 0.6 is 11.3 Å². The summed E-state index contributed by atoms with van der Waals surface area (Å²) < 4.78 is 4.70. The van der Waals surface area contributed by atoms with Crippen molar-refractivity contribution in [3.8, 4) is 0 Å². The summed E-state index contributed by atoms with van der Waals surface area (Å²) in [4.78, 5) is 16.9. The molecule has 1 N–H and O–H groups in total. The van der Waals surface area contributed by atoms with Crippen molar-refractivity contribution in [3.05, 3.63) is 45.4 Å². The van der Waals surface area contributed by atoms with E-state index in [4.69, 9.17) is 4.74 Å². The summed E-state index contributed by atoms with van der Waals surface area (Å²) in [6, 6.07) is 5.49. The van der Waals surface area contributed by atoms with E-state index in [-0.39, 0.29) is 5.97 Å². The van der Waals surface area contributed by atoms with Crippen LogP contribution in [-0.4, -0.2) is 18.1 Å². The van der Waals surface area contributed by atoms with Gasteiger partial charge in [-0.15, -0.1) is 11.3 Å². The fourth-order valence-electron chi connectivity index (χ4n) is 1.78. The van der Waals surface area contributed by atoms with Gasteiger partial charge in [0.2, 0.25) is 0 Å². The van der Waals surface area contributed by atoms with E-state index in [0.29, 0.717) is 5.56 Å². The lowest BCUT2D eigenvalue weighted by molar-refractivity contribution is 0.0600. The molecule has 0 fully saturated rings. The molecule has 100 valence electrons. The number of ether oxygens (including phenoxy) is 1. The van der Waals surface area contributed by atoms with Crippen LogP contribution in [0.15, 0.2) is 23.7 Å². The molecular formula is C14H16N2O2S. The van der Waals surface area contributed by atoms with Crippen molar-refractivity contribution >= 4 is 23.0 Å². The first-order chi connectivity index (χ1) is 9.11. The number of aryl methyl sites for hydroxylation is 2. The first-order valence-electron chi connectivity index (χ1n) is 5.93. The van der Waals surface area contributed by atoms with Crippen LogP contribution in [0, 0.1) is 13.8 Å². The molecular weight excluding hydrogens is 260 g/mol. The Kier molecular flexibility index (Phi) is 4.16. The number of carbonyl (C=O) groups is 1. The molecule has 0 atom stereocenters. The minimum atomic E-state index is -0.312. The first kappa shape index (κ1) is 13.5. The summed E-state index contributed by atoms with van der Waals surface area (Å²) in [5.41, 5.74) is 5.51. The van der Waals surface area contributed by atoms with Gasteiger partial charge in [-0.05, 0) is 37.6 Å². The third-order valence-corrected chi connectivity index (χ3v) is 3.87. The van der Waals surface area contributed by atoms with E-state index in [0.717, 1.165) is 23.5 Å². The predicted molar refractivity (Wildman–Crippen MR) is 76.7 cm³/mol. The number of aromatic nitrogens is 1. The van der Waals surface area contributed by atoms with Crippen LogP contribution in [0.1, 0.15) is 26.5 Å². The Labute approximate surface area is 116 Å². The maximum absolute atomic E-state index is 11.4. The lowest BCUT2D eigenvalue weighted by Crippen LogP contribution is -2.04. The molecule has 0 radical (unpaired) electrons. The maximum Gasteiger partial charge on any atom is 0.337 e. The number of benzene rings is 1. The molecule has 0 aliphatic carbocycles. The second kappa shape index (κ2) is 5.84. The SMILES string of the molecule is COC(=O)c1ccc(NCc2scnc2C)c(C)c1. The lowest BCUT2D eigenvalue weighted by atomic mass is 10.1. The number of carbonyl (C=O) groups excluding carboxylic acids is 1. The van der Waals surface area contributed by atoms with Crippen LogP contribution in [0.25, 0.3) is 0 Å². The molecule has 0 amide bonds. The highest BCUT2D eigenvalue weighted by Crippen LogP contribution is 2.20. The van der Waals surface area contributed by atoms with Crippen molar-refractivity contribution in [2.75, 3.05) is 12.4 Å². The number of hydrogen-bond donors (Lipinski definition) is 1. The van der Waals surface area contributed by atoms with Crippen LogP contribution in [0.2, 0.25) is 0 Å². The van der Waals surface area contributed by atoms with E-state index in [9.17, 15) is 4.79 Å². The van der Waals surface area contributed by atoms with Gasteiger partial charge in [-0.25, -0.2) is 9.78 Å². The molecule has 2 rings (SSSR count). The molecule has 0 aliphatic rings. The van der Waals surface area contributed by atoms with Crippen LogP contribution in [0.4, 0.5) is 5.69 Å². The van der Waals surface area contributed by atoms with E-state index in [1.54, 1.807) is 17.4 Å². The summed E-state index contributed by atoms with van der Waals surface area (Å²) >= 11 is 1.64. The molecule has 0 saturated heterocycles. The first-order valence-corrected chi connectivity index (χ1v) is 6.81. The number of thiazole rings is 1.